The summed E-state index contributed by atoms with van der Waals surface area (Å²) in [5.74, 6) is -1.38. The Kier molecular flexibility index (Phi) is 5.71. The van der Waals surface area contributed by atoms with Crippen LogP contribution in [0.25, 0.3) is 11.1 Å². The maximum atomic E-state index is 12.3. The van der Waals surface area contributed by atoms with Gasteiger partial charge in [0.1, 0.15) is 0 Å². The van der Waals surface area contributed by atoms with E-state index < -0.39 is 11.7 Å². The fourth-order valence-corrected chi connectivity index (χ4v) is 2.83. The lowest BCUT2D eigenvalue weighted by Gasteiger charge is -2.20. The highest BCUT2D eigenvalue weighted by Crippen LogP contribution is 2.14. The summed E-state index contributed by atoms with van der Waals surface area (Å²) in [5, 5.41) is 0. The molecule has 3 rings (SSSR count). The number of hydrogen-bond acceptors (Lipinski definition) is 5. The Morgan fingerprint density at radius 3 is 2.52 bits per heavy atom. The topological polar surface area (TPSA) is 81.8 Å². The number of fused-ring (bicyclic) bond motifs is 1. The zero-order valence-corrected chi connectivity index (χ0v) is 15.0. The molecule has 0 unspecified atom stereocenters. The molecule has 27 heavy (non-hydrogen) atoms. The number of likely N-dealkylation sites (N-methyl/N-ethyl adjacent to an activating group) is 1. The van der Waals surface area contributed by atoms with Crippen LogP contribution >= 0.6 is 0 Å². The first kappa shape index (κ1) is 18.4. The Labute approximate surface area is 155 Å². The molecule has 0 aliphatic rings. The third-order valence-corrected chi connectivity index (χ3v) is 4.16. The standard InChI is InChI=1S/C20H20N2O5/c1-2-21(15-8-4-3-5-9-15)18(23)14-26-19(24)12-13-22-16-10-6-7-11-17(16)27-20(22)25/h3-11H,2,12-14H2,1H3. The van der Waals surface area contributed by atoms with E-state index in [-0.39, 0.29) is 25.5 Å². The number of nitrogens with zero attached hydrogens (tertiary/aromatic N) is 2. The summed E-state index contributed by atoms with van der Waals surface area (Å²) >= 11 is 0. The fraction of sp³-hybridized carbons (Fsp3) is 0.250. The van der Waals surface area contributed by atoms with E-state index in [1.54, 1.807) is 29.2 Å². The van der Waals surface area contributed by atoms with Crippen molar-refractivity contribution in [3.05, 3.63) is 65.1 Å². The lowest BCUT2D eigenvalue weighted by atomic mass is 10.3. The lowest BCUT2D eigenvalue weighted by molar-refractivity contribution is -0.148. The SMILES string of the molecule is CCN(C(=O)COC(=O)CCn1c(=O)oc2ccccc21)c1ccccc1. The van der Waals surface area contributed by atoms with Crippen LogP contribution in [0, 0.1) is 0 Å². The number of amides is 1. The molecule has 0 spiro atoms. The second-order valence-electron chi connectivity index (χ2n) is 5.87. The van der Waals surface area contributed by atoms with E-state index in [0.717, 1.165) is 5.69 Å². The van der Waals surface area contributed by atoms with Gasteiger partial charge in [-0.2, -0.15) is 0 Å². The third kappa shape index (κ3) is 4.25. The molecule has 0 fully saturated rings. The second-order valence-corrected chi connectivity index (χ2v) is 5.87. The minimum atomic E-state index is -0.551. The van der Waals surface area contributed by atoms with Crippen LogP contribution in [0.2, 0.25) is 0 Å². The predicted molar refractivity (Wildman–Crippen MR) is 101 cm³/mol. The van der Waals surface area contributed by atoms with Gasteiger partial charge in [-0.15, -0.1) is 0 Å². The number of carbonyl (C=O) groups excluding carboxylic acids is 2. The fourth-order valence-electron chi connectivity index (χ4n) is 2.83. The van der Waals surface area contributed by atoms with E-state index in [2.05, 4.69) is 0 Å². The molecule has 0 aliphatic heterocycles. The molecular weight excluding hydrogens is 348 g/mol. The summed E-state index contributed by atoms with van der Waals surface area (Å²) in [6.45, 7) is 2.10. The van der Waals surface area contributed by atoms with Gasteiger partial charge in [0.15, 0.2) is 12.2 Å². The van der Waals surface area contributed by atoms with Crippen LogP contribution in [0.1, 0.15) is 13.3 Å². The van der Waals surface area contributed by atoms with Crippen molar-refractivity contribution in [1.29, 1.82) is 0 Å². The number of hydrogen-bond donors (Lipinski definition) is 0. The van der Waals surface area contributed by atoms with Crippen LogP contribution in [0.3, 0.4) is 0 Å². The molecule has 7 nitrogen and oxygen atoms in total. The van der Waals surface area contributed by atoms with Gasteiger partial charge in [0.25, 0.3) is 5.91 Å². The van der Waals surface area contributed by atoms with Crippen LogP contribution in [0.5, 0.6) is 0 Å². The van der Waals surface area contributed by atoms with E-state index in [0.29, 0.717) is 17.6 Å². The highest BCUT2D eigenvalue weighted by molar-refractivity contribution is 5.95. The van der Waals surface area contributed by atoms with Crippen molar-refractivity contribution < 1.29 is 18.7 Å². The van der Waals surface area contributed by atoms with Gasteiger partial charge < -0.3 is 14.1 Å². The zero-order valence-electron chi connectivity index (χ0n) is 15.0. The highest BCUT2D eigenvalue weighted by atomic mass is 16.5. The third-order valence-electron chi connectivity index (χ3n) is 4.16. The Balaban J connectivity index is 1.56. The number of carbonyl (C=O) groups is 2. The Hall–Kier alpha value is -3.35. The molecular formula is C20H20N2O5. The van der Waals surface area contributed by atoms with E-state index in [1.807, 2.05) is 37.3 Å². The molecule has 7 heteroatoms. The number of rotatable bonds is 7. The number of ether oxygens (including phenoxy) is 1. The van der Waals surface area contributed by atoms with Gasteiger partial charge in [0.05, 0.1) is 11.9 Å². The largest absolute Gasteiger partial charge is 0.455 e. The quantitative estimate of drug-likeness (QED) is 0.599. The summed E-state index contributed by atoms with van der Waals surface area (Å²) in [4.78, 5) is 37.7. The van der Waals surface area contributed by atoms with Gasteiger partial charge in [-0.25, -0.2) is 4.79 Å². The van der Waals surface area contributed by atoms with Crippen molar-refractivity contribution in [3.63, 3.8) is 0 Å². The first-order valence-electron chi connectivity index (χ1n) is 8.69. The molecule has 2 aromatic carbocycles. The average Bonchev–Trinajstić information content (AvgIpc) is 3.01. The minimum Gasteiger partial charge on any atom is -0.455 e. The zero-order chi connectivity index (χ0) is 19.2. The summed E-state index contributed by atoms with van der Waals surface area (Å²) in [7, 11) is 0. The Bertz CT molecular complexity index is 990. The predicted octanol–water partition coefficient (Wildman–Crippen LogP) is 2.58. The minimum absolute atomic E-state index is 0.0336. The molecule has 140 valence electrons. The molecule has 1 heterocycles. The van der Waals surface area contributed by atoms with E-state index >= 15 is 0 Å². The Morgan fingerprint density at radius 2 is 1.78 bits per heavy atom. The summed E-state index contributed by atoms with van der Waals surface area (Å²) in [6, 6.07) is 16.2. The first-order chi connectivity index (χ1) is 13.1. The Morgan fingerprint density at radius 1 is 1.07 bits per heavy atom. The van der Waals surface area contributed by atoms with Gasteiger partial charge in [-0.05, 0) is 31.2 Å². The summed E-state index contributed by atoms with van der Waals surface area (Å²) < 4.78 is 11.6. The van der Waals surface area contributed by atoms with Crippen molar-refractivity contribution in [2.24, 2.45) is 0 Å². The van der Waals surface area contributed by atoms with Crippen LogP contribution in [0.4, 0.5) is 5.69 Å². The van der Waals surface area contributed by atoms with Crippen molar-refractivity contribution in [3.8, 4) is 0 Å². The molecule has 0 saturated heterocycles. The van der Waals surface area contributed by atoms with Gasteiger partial charge in [0, 0.05) is 18.8 Å². The van der Waals surface area contributed by atoms with Crippen molar-refractivity contribution in [1.82, 2.24) is 4.57 Å². The maximum absolute atomic E-state index is 12.3. The number of aromatic nitrogens is 1. The summed E-state index contributed by atoms with van der Waals surface area (Å²) in [6.07, 6.45) is -0.0336. The summed E-state index contributed by atoms with van der Waals surface area (Å²) in [5.41, 5.74) is 1.83. The number of aryl methyl sites for hydroxylation is 1. The molecule has 0 saturated carbocycles. The molecule has 0 radical (unpaired) electrons. The number of esters is 1. The van der Waals surface area contributed by atoms with Gasteiger partial charge in [-0.1, -0.05) is 30.3 Å². The van der Waals surface area contributed by atoms with Crippen molar-refractivity contribution in [2.45, 2.75) is 19.9 Å². The molecule has 0 bridgehead atoms. The number of benzene rings is 2. The van der Waals surface area contributed by atoms with Crippen molar-refractivity contribution in [2.75, 3.05) is 18.1 Å². The van der Waals surface area contributed by atoms with Gasteiger partial charge in [-0.3, -0.25) is 14.2 Å². The number of oxazole rings is 1. The van der Waals surface area contributed by atoms with E-state index in [4.69, 9.17) is 9.15 Å². The van der Waals surface area contributed by atoms with Gasteiger partial charge >= 0.3 is 11.7 Å². The van der Waals surface area contributed by atoms with Gasteiger partial charge in [0.2, 0.25) is 0 Å². The van der Waals surface area contributed by atoms with Crippen molar-refractivity contribution >= 4 is 28.7 Å². The normalized spacial score (nSPS) is 10.7. The van der Waals surface area contributed by atoms with Crippen LogP contribution < -0.4 is 10.7 Å². The molecule has 0 atom stereocenters. The highest BCUT2D eigenvalue weighted by Gasteiger charge is 2.16. The molecule has 1 amide bonds. The van der Waals surface area contributed by atoms with Crippen LogP contribution in [-0.4, -0.2) is 29.6 Å². The second kappa shape index (κ2) is 8.35. The monoisotopic (exact) mass is 368 g/mol. The van der Waals surface area contributed by atoms with Crippen LogP contribution in [-0.2, 0) is 20.9 Å². The average molecular weight is 368 g/mol. The molecule has 0 aliphatic carbocycles. The smallest absolute Gasteiger partial charge is 0.419 e. The lowest BCUT2D eigenvalue weighted by Crippen LogP contribution is -2.34. The first-order valence-corrected chi connectivity index (χ1v) is 8.69. The van der Waals surface area contributed by atoms with E-state index in [1.165, 1.54) is 4.57 Å². The van der Waals surface area contributed by atoms with Crippen LogP contribution in [0.15, 0.2) is 63.8 Å². The number of anilines is 1. The molecule has 0 N–H and O–H groups in total. The number of para-hydroxylation sites is 3. The maximum Gasteiger partial charge on any atom is 0.419 e. The molecule has 1 aromatic heterocycles. The van der Waals surface area contributed by atoms with E-state index in [9.17, 15) is 14.4 Å². The molecule has 3 aromatic rings.